The lowest BCUT2D eigenvalue weighted by Crippen LogP contribution is -2.39. The fraction of sp³-hybridized carbons (Fsp3) is 0.0968. The summed E-state index contributed by atoms with van der Waals surface area (Å²) in [6, 6.07) is 10.2. The van der Waals surface area contributed by atoms with E-state index in [-0.39, 0.29) is 43.5 Å². The SMILES string of the molecule is O=C(Oc1cc(OC(=O)c2c(Br)cc(Br)cc2Br)c(C(=O)OC(CS(=O)(=O)O)C(F)(F)F)c(OC(=O)c2c(Br)cc(Br)cc2Br)c1)c1c(Br)cc(Br)cc1Br. The van der Waals surface area contributed by atoms with Crippen LogP contribution in [-0.2, 0) is 14.9 Å². The molecular weight excluding hydrogens is 1360 g/mol. The van der Waals surface area contributed by atoms with Crippen molar-refractivity contribution in [2.75, 3.05) is 5.75 Å². The topological polar surface area (TPSA) is 160 Å². The average Bonchev–Trinajstić information content (AvgIpc) is 2.98. The molecule has 4 rings (SSSR count). The second-order valence-electron chi connectivity index (χ2n) is 10.4. The summed E-state index contributed by atoms with van der Waals surface area (Å²) in [7, 11) is -5.41. The Kier molecular flexibility index (Phi) is 15.9. The first-order valence-corrected chi connectivity index (χ1v) is 22.6. The minimum absolute atomic E-state index is 0.0764. The Balaban J connectivity index is 1.99. The van der Waals surface area contributed by atoms with Crippen molar-refractivity contribution in [1.29, 1.82) is 0 Å². The third-order valence-corrected chi connectivity index (χ3v) is 12.3. The van der Waals surface area contributed by atoms with Gasteiger partial charge in [-0.3, -0.25) is 4.55 Å². The van der Waals surface area contributed by atoms with Gasteiger partial charge in [-0.1, -0.05) is 47.8 Å². The molecule has 0 aliphatic heterocycles. The van der Waals surface area contributed by atoms with Crippen molar-refractivity contribution in [2.24, 2.45) is 0 Å². The van der Waals surface area contributed by atoms with E-state index in [1.165, 1.54) is 36.4 Å². The van der Waals surface area contributed by atoms with Crippen LogP contribution in [0, 0.1) is 0 Å². The third-order valence-electron chi connectivity index (χ3n) is 6.47. The lowest BCUT2D eigenvalue weighted by atomic mass is 10.1. The zero-order valence-corrected chi connectivity index (χ0v) is 41.0. The number of alkyl halides is 3. The van der Waals surface area contributed by atoms with Gasteiger partial charge >= 0.3 is 30.1 Å². The molecule has 0 aliphatic carbocycles. The molecule has 1 atom stereocenters. The molecule has 24 heteroatoms. The van der Waals surface area contributed by atoms with Gasteiger partial charge in [0.2, 0.25) is 6.10 Å². The van der Waals surface area contributed by atoms with Gasteiger partial charge in [0.25, 0.3) is 10.1 Å². The molecule has 0 bridgehead atoms. The van der Waals surface area contributed by atoms with Crippen molar-refractivity contribution in [3.05, 3.63) is 111 Å². The van der Waals surface area contributed by atoms with Crippen LogP contribution in [0.4, 0.5) is 13.2 Å². The molecule has 0 saturated heterocycles. The van der Waals surface area contributed by atoms with Crippen LogP contribution in [0.15, 0.2) is 88.8 Å². The highest BCUT2D eigenvalue weighted by molar-refractivity contribution is 9.12. The summed E-state index contributed by atoms with van der Waals surface area (Å²) in [4.78, 5) is 54.6. The minimum atomic E-state index is -5.57. The normalized spacial score (nSPS) is 12.2. The monoisotopic (exact) mass is 1360 g/mol. The molecule has 0 fully saturated rings. The van der Waals surface area contributed by atoms with Crippen molar-refractivity contribution in [2.45, 2.75) is 12.3 Å². The highest BCUT2D eigenvalue weighted by atomic mass is 79.9. The highest BCUT2D eigenvalue weighted by Crippen LogP contribution is 2.41. The number of rotatable bonds is 10. The van der Waals surface area contributed by atoms with Crippen LogP contribution >= 0.6 is 143 Å². The summed E-state index contributed by atoms with van der Waals surface area (Å²) in [5, 5.41) is 0. The quantitative estimate of drug-likeness (QED) is 0.0914. The number of ether oxygens (including phenoxy) is 4. The van der Waals surface area contributed by atoms with Crippen LogP contribution in [0.25, 0.3) is 0 Å². The first-order valence-electron chi connectivity index (χ1n) is 13.9. The Hall–Kier alpha value is -1.22. The molecule has 0 amide bonds. The van der Waals surface area contributed by atoms with Crippen molar-refractivity contribution < 1.29 is 64.3 Å². The van der Waals surface area contributed by atoms with E-state index in [1.807, 2.05) is 0 Å². The minimum Gasteiger partial charge on any atom is -0.448 e. The van der Waals surface area contributed by atoms with E-state index < -0.39 is 74.8 Å². The number of carbonyl (C=O) groups excluding carboxylic acids is 4. The molecule has 4 aromatic carbocycles. The lowest BCUT2D eigenvalue weighted by molar-refractivity contribution is -0.197. The molecule has 11 nitrogen and oxygen atoms in total. The maximum Gasteiger partial charge on any atom is 0.426 e. The van der Waals surface area contributed by atoms with Crippen LogP contribution in [0.2, 0.25) is 0 Å². The molecule has 4 aromatic rings. The van der Waals surface area contributed by atoms with Crippen molar-refractivity contribution >= 4 is 177 Å². The van der Waals surface area contributed by atoms with E-state index >= 15 is 0 Å². The molecule has 292 valence electrons. The van der Waals surface area contributed by atoms with Gasteiger partial charge in [0, 0.05) is 52.4 Å². The summed E-state index contributed by atoms with van der Waals surface area (Å²) in [5.74, 6) is -10.3. The Morgan fingerprint density at radius 3 is 1.15 bits per heavy atom. The summed E-state index contributed by atoms with van der Waals surface area (Å²) >= 11 is 29.1. The van der Waals surface area contributed by atoms with Crippen molar-refractivity contribution in [1.82, 2.24) is 0 Å². The average molecular weight is 1370 g/mol. The zero-order chi connectivity index (χ0) is 41.3. The van der Waals surface area contributed by atoms with Crippen LogP contribution in [-0.4, -0.2) is 54.9 Å². The van der Waals surface area contributed by atoms with E-state index in [0.717, 1.165) is 12.1 Å². The first-order chi connectivity index (χ1) is 25.4. The molecule has 55 heavy (non-hydrogen) atoms. The maximum absolute atomic E-state index is 14.0. The first kappa shape index (κ1) is 46.5. The summed E-state index contributed by atoms with van der Waals surface area (Å²) in [6.45, 7) is 0. The second kappa shape index (κ2) is 18.8. The van der Waals surface area contributed by atoms with Gasteiger partial charge < -0.3 is 18.9 Å². The molecule has 1 unspecified atom stereocenters. The third kappa shape index (κ3) is 12.2. The van der Waals surface area contributed by atoms with Gasteiger partial charge in [0.05, 0.1) is 16.7 Å². The van der Waals surface area contributed by atoms with Gasteiger partial charge in [0.15, 0.2) is 11.5 Å². The Bertz CT molecular complexity index is 2210. The van der Waals surface area contributed by atoms with Gasteiger partial charge in [0.1, 0.15) is 17.1 Å². The fourth-order valence-corrected chi connectivity index (χ4v) is 12.6. The maximum atomic E-state index is 14.0. The smallest absolute Gasteiger partial charge is 0.426 e. The number of hydrogen-bond acceptors (Lipinski definition) is 10. The summed E-state index contributed by atoms with van der Waals surface area (Å²) in [6.07, 6.45) is -9.04. The second-order valence-corrected chi connectivity index (χ2v) is 19.8. The van der Waals surface area contributed by atoms with Gasteiger partial charge in [-0.05, 0) is 132 Å². The van der Waals surface area contributed by atoms with Crippen molar-refractivity contribution in [3.8, 4) is 17.2 Å². The Morgan fingerprint density at radius 1 is 0.545 bits per heavy atom. The number of carbonyl (C=O) groups is 4. The number of hydrogen-bond donors (Lipinski definition) is 1. The van der Waals surface area contributed by atoms with Crippen LogP contribution in [0.1, 0.15) is 41.4 Å². The lowest BCUT2D eigenvalue weighted by Gasteiger charge is -2.22. The highest BCUT2D eigenvalue weighted by Gasteiger charge is 2.46. The molecule has 0 saturated carbocycles. The summed E-state index contributed by atoms with van der Waals surface area (Å²) < 4.78 is 97.7. The van der Waals surface area contributed by atoms with Crippen LogP contribution in [0.5, 0.6) is 17.2 Å². The van der Waals surface area contributed by atoms with E-state index in [1.54, 1.807) is 0 Å². The van der Waals surface area contributed by atoms with E-state index in [0.29, 0.717) is 13.4 Å². The Morgan fingerprint density at radius 2 is 0.855 bits per heavy atom. The Labute approximate surface area is 383 Å². The molecule has 1 N–H and O–H groups in total. The van der Waals surface area contributed by atoms with Crippen LogP contribution in [0.3, 0.4) is 0 Å². The zero-order valence-electron chi connectivity index (χ0n) is 25.9. The largest absolute Gasteiger partial charge is 0.448 e. The molecule has 0 aliphatic rings. The predicted molar refractivity (Wildman–Crippen MR) is 222 cm³/mol. The van der Waals surface area contributed by atoms with E-state index in [9.17, 15) is 45.3 Å². The molecule has 0 spiro atoms. The number of esters is 4. The number of benzene rings is 4. The predicted octanol–water partition coefficient (Wildman–Crippen LogP) is 12.2. The van der Waals surface area contributed by atoms with E-state index in [2.05, 4.69) is 148 Å². The van der Waals surface area contributed by atoms with E-state index in [4.69, 9.17) is 14.2 Å². The standard InChI is InChI=1S/C31H12Br9F3O11S/c32-10-1-14(35)23(15(36)2-10)27(44)51-13-7-20(52-28(45)24-16(37)3-11(33)4-17(24)38)26(30(47)54-22(31(41,42)43)9-55(48,49)50)21(8-13)53-29(46)25-18(39)5-12(34)6-19(25)40/h1-8,22H,9H2,(H,48,49,50). The van der Waals surface area contributed by atoms with Gasteiger partial charge in [-0.2, -0.15) is 21.6 Å². The summed E-state index contributed by atoms with van der Waals surface area (Å²) in [5.41, 5.74) is -1.68. The molecule has 0 aromatic heterocycles. The molecule has 0 heterocycles. The van der Waals surface area contributed by atoms with Gasteiger partial charge in [-0.25, -0.2) is 19.2 Å². The molecule has 0 radical (unpaired) electrons. The van der Waals surface area contributed by atoms with Gasteiger partial charge in [-0.15, -0.1) is 0 Å². The van der Waals surface area contributed by atoms with Crippen LogP contribution < -0.4 is 14.2 Å². The molecular formula is C31H12Br9F3O11S. The number of halogens is 12. The van der Waals surface area contributed by atoms with Crippen molar-refractivity contribution in [3.63, 3.8) is 0 Å². The fourth-order valence-electron chi connectivity index (χ4n) is 4.23.